The first kappa shape index (κ1) is 25.7. The van der Waals surface area contributed by atoms with E-state index in [1.165, 1.54) is 0 Å². The molecule has 11 nitrogen and oxygen atoms in total. The Labute approximate surface area is 243 Å². The molecule has 1 fully saturated rings. The van der Waals surface area contributed by atoms with Gasteiger partial charge in [-0.1, -0.05) is 43.0 Å². The lowest BCUT2D eigenvalue weighted by Crippen LogP contribution is -2.56. The zero-order valence-electron chi connectivity index (χ0n) is 23.1. The largest absolute Gasteiger partial charge is 0.463 e. The van der Waals surface area contributed by atoms with E-state index in [9.17, 15) is 24.3 Å². The lowest BCUT2D eigenvalue weighted by Gasteiger charge is -2.37. The maximum atomic E-state index is 13.8. The third kappa shape index (κ3) is 3.05. The smallest absolute Gasteiger partial charge is 0.343 e. The number of esters is 1. The SMILES string of the molecule is C=CC(=O)NCCCOC(=O)[C@@]1(O)CC2O[C@]1(C)n1c3ccccc3c3c4c(c5c6ccccc6n2c5c31)C(=O)NC4=O. The van der Waals surface area contributed by atoms with Crippen molar-refractivity contribution in [2.24, 2.45) is 0 Å². The monoisotopic (exact) mass is 578 g/mol. The van der Waals surface area contributed by atoms with Gasteiger partial charge in [0.1, 0.15) is 6.23 Å². The average Bonchev–Trinajstić information content (AvgIpc) is 3.67. The van der Waals surface area contributed by atoms with Crippen LogP contribution in [0.5, 0.6) is 0 Å². The Balaban J connectivity index is 1.40. The molecule has 5 aromatic rings. The lowest BCUT2D eigenvalue weighted by atomic mass is 9.88. The number of ether oxygens (including phenoxy) is 2. The number of fused-ring (bicyclic) bond motifs is 13. The number of amides is 3. The van der Waals surface area contributed by atoms with Crippen molar-refractivity contribution >= 4 is 67.3 Å². The summed E-state index contributed by atoms with van der Waals surface area (Å²) in [7, 11) is 0. The third-order valence-corrected chi connectivity index (χ3v) is 9.14. The van der Waals surface area contributed by atoms with Crippen molar-refractivity contribution < 1.29 is 33.8 Å². The highest BCUT2D eigenvalue weighted by Gasteiger charge is 2.66. The van der Waals surface area contributed by atoms with Gasteiger partial charge in [-0.2, -0.15) is 0 Å². The van der Waals surface area contributed by atoms with Gasteiger partial charge in [-0.25, -0.2) is 4.79 Å². The quantitative estimate of drug-likeness (QED) is 0.121. The molecule has 0 aliphatic carbocycles. The van der Waals surface area contributed by atoms with Gasteiger partial charge in [0.2, 0.25) is 11.5 Å². The predicted octanol–water partition coefficient (Wildman–Crippen LogP) is 3.36. The molecule has 216 valence electrons. The summed E-state index contributed by atoms with van der Waals surface area (Å²) in [6.45, 7) is 5.30. The van der Waals surface area contributed by atoms with E-state index in [-0.39, 0.29) is 31.0 Å². The van der Waals surface area contributed by atoms with Crippen LogP contribution in [0.2, 0.25) is 0 Å². The van der Waals surface area contributed by atoms with Crippen molar-refractivity contribution in [1.29, 1.82) is 0 Å². The number of nitrogens with one attached hydrogen (secondary N) is 2. The van der Waals surface area contributed by atoms with E-state index in [4.69, 9.17) is 9.47 Å². The minimum atomic E-state index is -2.14. The Morgan fingerprint density at radius 2 is 1.70 bits per heavy atom. The molecule has 3 amide bonds. The van der Waals surface area contributed by atoms with Crippen molar-refractivity contribution in [1.82, 2.24) is 19.8 Å². The van der Waals surface area contributed by atoms with Crippen molar-refractivity contribution in [2.75, 3.05) is 13.2 Å². The van der Waals surface area contributed by atoms with Gasteiger partial charge in [-0.3, -0.25) is 19.7 Å². The minimum absolute atomic E-state index is 0.0375. The van der Waals surface area contributed by atoms with Gasteiger partial charge in [-0.05, 0) is 31.6 Å². The van der Waals surface area contributed by atoms with Crippen LogP contribution in [0.15, 0.2) is 61.2 Å². The number of imide groups is 1. The zero-order chi connectivity index (χ0) is 29.8. The summed E-state index contributed by atoms with van der Waals surface area (Å²) >= 11 is 0. The maximum Gasteiger partial charge on any atom is 0.343 e. The number of hydrogen-bond donors (Lipinski definition) is 3. The topological polar surface area (TPSA) is 141 Å². The molecule has 0 saturated carbocycles. The van der Waals surface area contributed by atoms with Gasteiger partial charge in [-0.15, -0.1) is 0 Å². The molecular weight excluding hydrogens is 552 g/mol. The Hall–Kier alpha value is -5.00. The van der Waals surface area contributed by atoms with Crippen LogP contribution in [-0.2, 0) is 24.8 Å². The first-order valence-electron chi connectivity index (χ1n) is 14.1. The lowest BCUT2D eigenvalue weighted by molar-refractivity contribution is -0.204. The Morgan fingerprint density at radius 1 is 1.07 bits per heavy atom. The standard InChI is InChI=1S/C32H26N4O7/c1-3-20(37)33-13-8-14-42-30(40)32(41)15-21-35-18-11-6-4-9-16(18)22-24-25(29(39)34-28(24)38)23-17-10-5-7-12-19(17)36(27(23)26(22)35)31(32,2)43-21/h3-7,9-12,21,41H,1,8,13-15H2,2H3,(H,33,37)(H,34,38,39)/t21?,31-,32-/m0/s1. The molecule has 5 heterocycles. The van der Waals surface area contributed by atoms with Gasteiger partial charge in [0.25, 0.3) is 11.8 Å². The molecule has 3 aliphatic heterocycles. The molecule has 11 heteroatoms. The summed E-state index contributed by atoms with van der Waals surface area (Å²) in [5.41, 5.74) is -0.583. The molecule has 43 heavy (non-hydrogen) atoms. The summed E-state index contributed by atoms with van der Waals surface area (Å²) in [5, 5.41) is 20.1. The first-order valence-corrected chi connectivity index (χ1v) is 14.1. The second-order valence-corrected chi connectivity index (χ2v) is 11.3. The summed E-state index contributed by atoms with van der Waals surface area (Å²) in [4.78, 5) is 52.0. The van der Waals surface area contributed by atoms with Crippen LogP contribution in [0.3, 0.4) is 0 Å². The Bertz CT molecular complexity index is 2140. The highest BCUT2D eigenvalue weighted by Crippen LogP contribution is 2.57. The van der Waals surface area contributed by atoms with Crippen LogP contribution in [0.25, 0.3) is 43.6 Å². The number of nitrogens with zero attached hydrogens (tertiary/aromatic N) is 2. The second-order valence-electron chi connectivity index (χ2n) is 11.3. The predicted molar refractivity (Wildman–Crippen MR) is 156 cm³/mol. The number of para-hydroxylation sites is 2. The summed E-state index contributed by atoms with van der Waals surface area (Å²) in [6, 6.07) is 14.9. The fourth-order valence-electron chi connectivity index (χ4n) is 7.28. The molecule has 0 spiro atoms. The molecule has 3 atom stereocenters. The van der Waals surface area contributed by atoms with Crippen LogP contribution in [0, 0.1) is 0 Å². The third-order valence-electron chi connectivity index (χ3n) is 9.14. The average molecular weight is 579 g/mol. The Morgan fingerprint density at radius 3 is 2.40 bits per heavy atom. The fraction of sp³-hybridized carbons (Fsp3) is 0.250. The molecule has 2 bridgehead atoms. The normalized spacial score (nSPS) is 23.7. The Kier molecular flexibility index (Phi) is 5.09. The molecule has 2 aromatic heterocycles. The van der Waals surface area contributed by atoms with Gasteiger partial charge in [0, 0.05) is 34.5 Å². The van der Waals surface area contributed by atoms with E-state index >= 15 is 0 Å². The fourth-order valence-corrected chi connectivity index (χ4v) is 7.28. The first-order chi connectivity index (χ1) is 20.7. The molecule has 3 aliphatic rings. The number of aliphatic hydroxyl groups is 1. The molecular formula is C32H26N4O7. The van der Waals surface area contributed by atoms with Crippen LogP contribution in [0.4, 0.5) is 0 Å². The number of benzene rings is 3. The number of hydrogen-bond acceptors (Lipinski definition) is 7. The molecule has 0 radical (unpaired) electrons. The maximum absolute atomic E-state index is 13.8. The molecule has 3 aromatic carbocycles. The summed E-state index contributed by atoms with van der Waals surface area (Å²) < 4.78 is 16.0. The van der Waals surface area contributed by atoms with Crippen molar-refractivity contribution in [3.63, 3.8) is 0 Å². The van der Waals surface area contributed by atoms with E-state index in [0.717, 1.165) is 17.0 Å². The second kappa shape index (κ2) is 8.52. The number of rotatable bonds is 6. The van der Waals surface area contributed by atoms with Crippen LogP contribution >= 0.6 is 0 Å². The summed E-state index contributed by atoms with van der Waals surface area (Å²) in [6.07, 6.45) is 0.557. The van der Waals surface area contributed by atoms with Crippen LogP contribution in [0.1, 0.15) is 46.7 Å². The minimum Gasteiger partial charge on any atom is -0.463 e. The van der Waals surface area contributed by atoms with Crippen molar-refractivity contribution in [3.05, 3.63) is 72.3 Å². The molecule has 3 N–H and O–H groups in total. The van der Waals surface area contributed by atoms with Gasteiger partial charge in [0.05, 0.1) is 39.8 Å². The van der Waals surface area contributed by atoms with Crippen LogP contribution in [-0.4, -0.2) is 56.7 Å². The molecule has 1 unspecified atom stereocenters. The van der Waals surface area contributed by atoms with Crippen molar-refractivity contribution in [2.45, 2.75) is 37.3 Å². The number of carbonyl (C=O) groups excluding carboxylic acids is 4. The van der Waals surface area contributed by atoms with Gasteiger partial charge in [0.15, 0.2) is 5.72 Å². The highest BCUT2D eigenvalue weighted by atomic mass is 16.6. The number of aromatic nitrogens is 2. The van der Waals surface area contributed by atoms with Gasteiger partial charge < -0.3 is 29.0 Å². The number of carbonyl (C=O) groups is 4. The van der Waals surface area contributed by atoms with E-state index in [1.54, 1.807) is 11.5 Å². The highest BCUT2D eigenvalue weighted by molar-refractivity contribution is 6.39. The molecule has 8 rings (SSSR count). The van der Waals surface area contributed by atoms with Crippen molar-refractivity contribution in [3.8, 4) is 0 Å². The van der Waals surface area contributed by atoms with E-state index < -0.39 is 35.3 Å². The summed E-state index contributed by atoms with van der Waals surface area (Å²) in [5.74, 6) is -2.16. The van der Waals surface area contributed by atoms with E-state index in [1.807, 2.05) is 53.1 Å². The van der Waals surface area contributed by atoms with Crippen LogP contribution < -0.4 is 10.6 Å². The van der Waals surface area contributed by atoms with Gasteiger partial charge >= 0.3 is 5.97 Å². The molecule has 1 saturated heterocycles. The van der Waals surface area contributed by atoms with E-state index in [2.05, 4.69) is 17.2 Å². The van der Waals surface area contributed by atoms with E-state index in [0.29, 0.717) is 44.7 Å². The zero-order valence-corrected chi connectivity index (χ0v) is 23.1.